The van der Waals surface area contributed by atoms with Gasteiger partial charge in [-0.2, -0.15) is 0 Å². The summed E-state index contributed by atoms with van der Waals surface area (Å²) in [6.45, 7) is 1.46. The Morgan fingerprint density at radius 2 is 0.958 bits per heavy atom. The molecule has 48 heavy (non-hydrogen) atoms. The van der Waals surface area contributed by atoms with Crippen molar-refractivity contribution in [1.29, 1.82) is 0 Å². The number of fused-ring (bicyclic) bond motifs is 5. The number of hydrogen-bond donors (Lipinski definition) is 0. The van der Waals surface area contributed by atoms with Crippen molar-refractivity contribution in [3.63, 3.8) is 0 Å². The van der Waals surface area contributed by atoms with Gasteiger partial charge in [0.2, 0.25) is 11.8 Å². The van der Waals surface area contributed by atoms with Crippen molar-refractivity contribution in [2.75, 3.05) is 4.90 Å². The average Bonchev–Trinajstić information content (AvgIpc) is 3.61. The highest BCUT2D eigenvalue weighted by Crippen LogP contribution is 2.74. The molecule has 5 aromatic carbocycles. The summed E-state index contributed by atoms with van der Waals surface area (Å²) in [6.07, 6.45) is 0. The van der Waals surface area contributed by atoms with Gasteiger partial charge in [0, 0.05) is 15.6 Å². The van der Waals surface area contributed by atoms with E-state index in [-0.39, 0.29) is 11.6 Å². The number of amides is 2. The number of ketones is 2. The second-order valence-electron chi connectivity index (χ2n) is 12.5. The molecule has 1 heterocycles. The minimum absolute atomic E-state index is 0.131. The normalized spacial score (nSPS) is 24.4. The number of carbonyl (C=O) groups excluding carboxylic acids is 4. The van der Waals surface area contributed by atoms with Gasteiger partial charge in [0.1, 0.15) is 0 Å². The standard InChI is InChI=1S/C41H27Cl2NO4/c1-24(45)25-12-22-32(23-13-25)44-37(46)35-36(38(44)47)41(29-16-20-31(43)21-17-29)34(27-10-6-3-7-11-27)33(26-8-4-2-5-9-26)40(35,39(41)48)28-14-18-30(42)19-15-28/h2-23,35-36H,1H3/t35-,36-,40+,41+/m1/s1. The van der Waals surface area contributed by atoms with Crippen LogP contribution in [0.15, 0.2) is 133 Å². The fraction of sp³-hybridized carbons (Fsp3) is 0.122. The largest absolute Gasteiger partial charge is 0.297 e. The van der Waals surface area contributed by atoms with Crippen LogP contribution in [0.5, 0.6) is 0 Å². The van der Waals surface area contributed by atoms with Crippen molar-refractivity contribution in [3.05, 3.63) is 171 Å². The van der Waals surface area contributed by atoms with Crippen LogP contribution in [-0.4, -0.2) is 23.4 Å². The number of halogens is 2. The van der Waals surface area contributed by atoms with Gasteiger partial charge in [-0.25, -0.2) is 4.90 Å². The highest BCUT2D eigenvalue weighted by molar-refractivity contribution is 6.39. The first-order valence-electron chi connectivity index (χ1n) is 15.6. The summed E-state index contributed by atoms with van der Waals surface area (Å²) in [5.74, 6) is -3.47. The van der Waals surface area contributed by atoms with Crippen molar-refractivity contribution in [2.45, 2.75) is 17.8 Å². The number of Topliss-reactive ketones (excluding diaryl/α,β-unsaturated/α-hetero) is 2. The van der Waals surface area contributed by atoms with Crippen molar-refractivity contribution >= 4 is 63.4 Å². The van der Waals surface area contributed by atoms with E-state index in [4.69, 9.17) is 23.2 Å². The van der Waals surface area contributed by atoms with Gasteiger partial charge in [0.25, 0.3) is 0 Å². The molecule has 0 spiro atoms. The van der Waals surface area contributed by atoms with E-state index in [1.165, 1.54) is 11.8 Å². The molecule has 0 radical (unpaired) electrons. The third-order valence-corrected chi connectivity index (χ3v) is 10.8. The number of carbonyl (C=O) groups is 4. The lowest BCUT2D eigenvalue weighted by Gasteiger charge is -2.39. The van der Waals surface area contributed by atoms with Crippen molar-refractivity contribution in [3.8, 4) is 0 Å². The Balaban J connectivity index is 1.52. The van der Waals surface area contributed by atoms with Gasteiger partial charge in [0.15, 0.2) is 11.6 Å². The summed E-state index contributed by atoms with van der Waals surface area (Å²) in [6, 6.07) is 39.8. The first kappa shape index (κ1) is 30.2. The Kier molecular flexibility index (Phi) is 6.92. The Bertz CT molecular complexity index is 2050. The zero-order chi connectivity index (χ0) is 33.4. The van der Waals surface area contributed by atoms with Crippen LogP contribution >= 0.6 is 23.2 Å². The molecule has 0 aromatic heterocycles. The second-order valence-corrected chi connectivity index (χ2v) is 13.4. The number of nitrogens with zero attached hydrogens (tertiary/aromatic N) is 1. The molecule has 2 fully saturated rings. The maximum Gasteiger partial charge on any atom is 0.239 e. The topological polar surface area (TPSA) is 71.5 Å². The van der Waals surface area contributed by atoms with E-state index in [1.54, 1.807) is 72.8 Å². The molecule has 5 aromatic rings. The number of rotatable bonds is 6. The Morgan fingerprint density at radius 3 is 1.33 bits per heavy atom. The molecule has 2 bridgehead atoms. The van der Waals surface area contributed by atoms with Crippen LogP contribution in [0.1, 0.15) is 39.5 Å². The van der Waals surface area contributed by atoms with E-state index in [0.29, 0.717) is 43.6 Å². The predicted molar refractivity (Wildman–Crippen MR) is 187 cm³/mol. The summed E-state index contributed by atoms with van der Waals surface area (Å²) in [5, 5.41) is 0.960. The fourth-order valence-corrected chi connectivity index (χ4v) is 8.71. The van der Waals surface area contributed by atoms with Gasteiger partial charge in [0.05, 0.1) is 28.4 Å². The summed E-state index contributed by atoms with van der Waals surface area (Å²) in [5.41, 5.74) is 1.80. The third-order valence-electron chi connectivity index (χ3n) is 10.3. The molecule has 0 N–H and O–H groups in total. The smallest absolute Gasteiger partial charge is 0.239 e. The SMILES string of the molecule is CC(=O)c1ccc(N2C(=O)[C@H]3[C@H](C2=O)[C@@]2(c4ccc(Cl)cc4)C(=O)[C@@]3(c3ccc(Cl)cc3)C(c3ccccc3)=C2c2ccccc2)cc1. The molecule has 4 atom stereocenters. The Labute approximate surface area is 287 Å². The highest BCUT2D eigenvalue weighted by atomic mass is 35.5. The van der Waals surface area contributed by atoms with E-state index in [9.17, 15) is 4.79 Å². The van der Waals surface area contributed by atoms with Crippen molar-refractivity contribution in [2.24, 2.45) is 11.8 Å². The van der Waals surface area contributed by atoms with Gasteiger partial charge in [-0.05, 0) is 88.9 Å². The van der Waals surface area contributed by atoms with Crippen LogP contribution in [0.4, 0.5) is 5.69 Å². The predicted octanol–water partition coefficient (Wildman–Crippen LogP) is 8.38. The van der Waals surface area contributed by atoms with E-state index in [2.05, 4.69) is 0 Å². The van der Waals surface area contributed by atoms with Gasteiger partial charge in [-0.3, -0.25) is 19.2 Å². The van der Waals surface area contributed by atoms with Gasteiger partial charge in [-0.15, -0.1) is 0 Å². The van der Waals surface area contributed by atoms with E-state index >= 15 is 14.4 Å². The number of anilines is 1. The summed E-state index contributed by atoms with van der Waals surface area (Å²) in [4.78, 5) is 59.4. The summed E-state index contributed by atoms with van der Waals surface area (Å²) >= 11 is 12.8. The number of imide groups is 1. The van der Waals surface area contributed by atoms with Gasteiger partial charge < -0.3 is 0 Å². The molecule has 1 aliphatic heterocycles. The Morgan fingerprint density at radius 1 is 0.562 bits per heavy atom. The van der Waals surface area contributed by atoms with E-state index in [1.807, 2.05) is 60.7 Å². The first-order chi connectivity index (χ1) is 23.2. The fourth-order valence-electron chi connectivity index (χ4n) is 8.46. The number of benzene rings is 5. The summed E-state index contributed by atoms with van der Waals surface area (Å²) in [7, 11) is 0. The zero-order valence-electron chi connectivity index (χ0n) is 25.7. The lowest BCUT2D eigenvalue weighted by atomic mass is 9.59. The zero-order valence-corrected chi connectivity index (χ0v) is 27.2. The molecule has 1 saturated heterocycles. The van der Waals surface area contributed by atoms with Crippen LogP contribution in [-0.2, 0) is 25.2 Å². The van der Waals surface area contributed by atoms with Crippen LogP contribution in [0.3, 0.4) is 0 Å². The monoisotopic (exact) mass is 667 g/mol. The van der Waals surface area contributed by atoms with E-state index < -0.39 is 34.5 Å². The molecule has 1 saturated carbocycles. The minimum atomic E-state index is -1.55. The molecule has 2 aliphatic carbocycles. The average molecular weight is 669 g/mol. The molecule has 0 unspecified atom stereocenters. The maximum atomic E-state index is 15.9. The Hall–Kier alpha value is -5.10. The molecule has 234 valence electrons. The van der Waals surface area contributed by atoms with Crippen LogP contribution in [0.25, 0.3) is 11.1 Å². The molecular weight excluding hydrogens is 641 g/mol. The second kappa shape index (κ2) is 11.0. The highest BCUT2D eigenvalue weighted by Gasteiger charge is 2.82. The molecule has 7 heteroatoms. The molecule has 2 amide bonds. The molecular formula is C41H27Cl2NO4. The third kappa shape index (κ3) is 3.92. The number of allylic oxidation sites excluding steroid dienone is 2. The molecule has 5 nitrogen and oxygen atoms in total. The minimum Gasteiger partial charge on any atom is -0.297 e. The van der Waals surface area contributed by atoms with Crippen molar-refractivity contribution < 1.29 is 19.2 Å². The first-order valence-corrected chi connectivity index (χ1v) is 16.4. The lowest BCUT2D eigenvalue weighted by molar-refractivity contribution is -0.130. The van der Waals surface area contributed by atoms with E-state index in [0.717, 1.165) is 11.1 Å². The van der Waals surface area contributed by atoms with Crippen molar-refractivity contribution in [1.82, 2.24) is 0 Å². The van der Waals surface area contributed by atoms with Crippen LogP contribution < -0.4 is 4.90 Å². The molecule has 3 aliphatic rings. The van der Waals surface area contributed by atoms with Gasteiger partial charge >= 0.3 is 0 Å². The van der Waals surface area contributed by atoms with Crippen LogP contribution in [0.2, 0.25) is 10.0 Å². The van der Waals surface area contributed by atoms with Gasteiger partial charge in [-0.1, -0.05) is 108 Å². The summed E-state index contributed by atoms with van der Waals surface area (Å²) < 4.78 is 0. The van der Waals surface area contributed by atoms with Crippen LogP contribution in [0, 0.1) is 11.8 Å². The number of hydrogen-bond acceptors (Lipinski definition) is 4. The molecule has 8 rings (SSSR count). The maximum absolute atomic E-state index is 15.9. The lowest BCUT2D eigenvalue weighted by Crippen LogP contribution is -2.45. The quantitative estimate of drug-likeness (QED) is 0.135.